The van der Waals surface area contributed by atoms with Crippen LogP contribution in [0.25, 0.3) is 17.1 Å². The van der Waals surface area contributed by atoms with Crippen molar-refractivity contribution in [2.75, 3.05) is 51.1 Å². The summed E-state index contributed by atoms with van der Waals surface area (Å²) in [5.74, 6) is 3.37. The van der Waals surface area contributed by atoms with Crippen LogP contribution in [0.1, 0.15) is 12.8 Å². The molecule has 0 saturated carbocycles. The fourth-order valence-corrected chi connectivity index (χ4v) is 5.65. The van der Waals surface area contributed by atoms with E-state index in [0.29, 0.717) is 6.42 Å². The number of hydrogen-bond donors (Lipinski definition) is 0. The van der Waals surface area contributed by atoms with E-state index in [4.69, 9.17) is 9.47 Å². The Bertz CT molecular complexity index is 1390. The van der Waals surface area contributed by atoms with Gasteiger partial charge in [-0.15, -0.1) is 10.2 Å². The van der Waals surface area contributed by atoms with Crippen molar-refractivity contribution in [1.82, 2.24) is 19.7 Å². The van der Waals surface area contributed by atoms with E-state index in [1.54, 1.807) is 26.0 Å². The summed E-state index contributed by atoms with van der Waals surface area (Å²) in [6.45, 7) is 3.04. The highest BCUT2D eigenvalue weighted by Gasteiger charge is 2.23. The second-order valence-electron chi connectivity index (χ2n) is 9.20. The van der Waals surface area contributed by atoms with Gasteiger partial charge in [0.2, 0.25) is 5.91 Å². The van der Waals surface area contributed by atoms with Crippen molar-refractivity contribution in [1.29, 1.82) is 0 Å². The lowest BCUT2D eigenvalue weighted by Crippen LogP contribution is -2.48. The van der Waals surface area contributed by atoms with Crippen molar-refractivity contribution in [2.45, 2.75) is 18.0 Å². The van der Waals surface area contributed by atoms with E-state index >= 15 is 0 Å². The van der Waals surface area contributed by atoms with Gasteiger partial charge in [-0.1, -0.05) is 54.2 Å². The first-order valence-electron chi connectivity index (χ1n) is 13.1. The van der Waals surface area contributed by atoms with Crippen LogP contribution in [0.4, 0.5) is 5.69 Å². The molecule has 39 heavy (non-hydrogen) atoms. The minimum Gasteiger partial charge on any atom is -0.497 e. The van der Waals surface area contributed by atoms with Crippen LogP contribution in [-0.2, 0) is 4.79 Å². The fourth-order valence-electron chi connectivity index (χ4n) is 4.76. The van der Waals surface area contributed by atoms with Gasteiger partial charge in [0, 0.05) is 49.6 Å². The lowest BCUT2D eigenvalue weighted by Gasteiger charge is -2.36. The van der Waals surface area contributed by atoms with Crippen molar-refractivity contribution in [3.8, 4) is 28.6 Å². The highest BCUT2D eigenvalue weighted by Crippen LogP contribution is 2.31. The van der Waals surface area contributed by atoms with Gasteiger partial charge in [-0.2, -0.15) is 0 Å². The van der Waals surface area contributed by atoms with Gasteiger partial charge in [0.25, 0.3) is 0 Å². The van der Waals surface area contributed by atoms with E-state index in [1.807, 2.05) is 77.7 Å². The van der Waals surface area contributed by atoms with Gasteiger partial charge < -0.3 is 19.3 Å². The summed E-state index contributed by atoms with van der Waals surface area (Å²) < 4.78 is 13.0. The smallest absolute Gasteiger partial charge is 0.222 e. The number of nitrogens with zero attached hydrogens (tertiary/aromatic N) is 5. The molecule has 1 amide bonds. The molecule has 0 N–H and O–H groups in total. The number of piperazine rings is 1. The lowest BCUT2D eigenvalue weighted by atomic mass is 10.2. The second-order valence-corrected chi connectivity index (χ2v) is 10.3. The Hall–Kier alpha value is -3.98. The summed E-state index contributed by atoms with van der Waals surface area (Å²) in [4.78, 5) is 17.2. The monoisotopic (exact) mass is 543 g/mol. The van der Waals surface area contributed by atoms with E-state index in [1.165, 1.54) is 0 Å². The number of carbonyl (C=O) groups is 1. The van der Waals surface area contributed by atoms with E-state index < -0.39 is 0 Å². The average Bonchev–Trinajstić information content (AvgIpc) is 3.43. The fraction of sp³-hybridized carbons (Fsp3) is 0.300. The van der Waals surface area contributed by atoms with E-state index in [2.05, 4.69) is 25.7 Å². The zero-order valence-electron chi connectivity index (χ0n) is 22.3. The summed E-state index contributed by atoms with van der Waals surface area (Å²) in [5, 5.41) is 9.83. The molecule has 0 radical (unpaired) electrons. The molecular weight excluding hydrogens is 510 g/mol. The van der Waals surface area contributed by atoms with Crippen LogP contribution in [0.5, 0.6) is 11.5 Å². The van der Waals surface area contributed by atoms with Crippen molar-refractivity contribution < 1.29 is 14.3 Å². The van der Waals surface area contributed by atoms with Crippen LogP contribution in [0.15, 0.2) is 84.0 Å². The number of ether oxygens (including phenoxy) is 2. The number of anilines is 1. The van der Waals surface area contributed by atoms with Gasteiger partial charge in [0.1, 0.15) is 11.5 Å². The number of rotatable bonds is 10. The normalized spacial score (nSPS) is 13.4. The molecule has 8 nitrogen and oxygen atoms in total. The highest BCUT2D eigenvalue weighted by atomic mass is 32.2. The summed E-state index contributed by atoms with van der Waals surface area (Å²) in [7, 11) is 3.35. The van der Waals surface area contributed by atoms with Gasteiger partial charge in [0.05, 0.1) is 19.9 Å². The van der Waals surface area contributed by atoms with Gasteiger partial charge >= 0.3 is 0 Å². The van der Waals surface area contributed by atoms with Crippen molar-refractivity contribution in [3.63, 3.8) is 0 Å². The minimum absolute atomic E-state index is 0.205. The summed E-state index contributed by atoms with van der Waals surface area (Å²) >= 11 is 1.62. The highest BCUT2D eigenvalue weighted by molar-refractivity contribution is 7.99. The third-order valence-electron chi connectivity index (χ3n) is 6.80. The average molecular weight is 544 g/mol. The number of aromatic nitrogens is 3. The maximum absolute atomic E-state index is 12.9. The molecule has 1 aliphatic heterocycles. The minimum atomic E-state index is 0.205. The third-order valence-corrected chi connectivity index (χ3v) is 7.82. The molecule has 1 aromatic heterocycles. The van der Waals surface area contributed by atoms with Crippen LogP contribution in [-0.4, -0.2) is 71.7 Å². The van der Waals surface area contributed by atoms with Gasteiger partial charge in [-0.05, 0) is 42.8 Å². The van der Waals surface area contributed by atoms with Crippen LogP contribution in [0, 0.1) is 0 Å². The molecule has 0 aliphatic carbocycles. The van der Waals surface area contributed by atoms with E-state index in [9.17, 15) is 4.79 Å². The molecule has 0 unspecified atom stereocenters. The molecule has 0 bridgehead atoms. The first-order chi connectivity index (χ1) is 19.2. The number of methoxy groups -OCH3 is 2. The number of amides is 1. The van der Waals surface area contributed by atoms with E-state index in [0.717, 1.165) is 77.8 Å². The van der Waals surface area contributed by atoms with Crippen LogP contribution >= 0.6 is 11.8 Å². The summed E-state index contributed by atoms with van der Waals surface area (Å²) in [5.41, 5.74) is 3.01. The summed E-state index contributed by atoms with van der Waals surface area (Å²) in [6, 6.07) is 26.0. The second kappa shape index (κ2) is 12.7. The number of thioether (sulfide) groups is 1. The third kappa shape index (κ3) is 6.20. The number of para-hydroxylation sites is 3. The first-order valence-corrected chi connectivity index (χ1v) is 14.1. The Morgan fingerprint density at radius 3 is 2.41 bits per heavy atom. The number of benzene rings is 3. The Morgan fingerprint density at radius 1 is 0.872 bits per heavy atom. The molecule has 1 fully saturated rings. The van der Waals surface area contributed by atoms with Crippen molar-refractivity contribution in [2.24, 2.45) is 0 Å². The Morgan fingerprint density at radius 2 is 1.64 bits per heavy atom. The molecule has 202 valence electrons. The molecule has 1 aliphatic rings. The Labute approximate surface area is 233 Å². The van der Waals surface area contributed by atoms with Crippen LogP contribution < -0.4 is 14.4 Å². The number of hydrogen-bond acceptors (Lipinski definition) is 7. The maximum atomic E-state index is 12.9. The standard InChI is InChI=1S/C30H33N5O3S/c1-37-25-13-8-10-23(22-25)29-31-32-30(35(29)24-11-4-3-5-12-24)39-21-9-16-28(36)34-19-17-33(18-20-34)26-14-6-7-15-27(26)38-2/h3-8,10-15,22H,9,16-21H2,1-2H3. The first kappa shape index (κ1) is 26.6. The quantitative estimate of drug-likeness (QED) is 0.202. The van der Waals surface area contributed by atoms with Crippen LogP contribution in [0.3, 0.4) is 0 Å². The zero-order chi connectivity index (χ0) is 27.0. The van der Waals surface area contributed by atoms with Gasteiger partial charge in [-0.25, -0.2) is 0 Å². The predicted octanol–water partition coefficient (Wildman–Crippen LogP) is 5.17. The maximum Gasteiger partial charge on any atom is 0.222 e. The van der Waals surface area contributed by atoms with Crippen molar-refractivity contribution in [3.05, 3.63) is 78.9 Å². The topological polar surface area (TPSA) is 72.7 Å². The molecule has 0 spiro atoms. The van der Waals surface area contributed by atoms with Gasteiger partial charge in [-0.3, -0.25) is 9.36 Å². The Balaban J connectivity index is 1.18. The zero-order valence-corrected chi connectivity index (χ0v) is 23.1. The lowest BCUT2D eigenvalue weighted by molar-refractivity contribution is -0.131. The molecular formula is C30H33N5O3S. The molecule has 2 heterocycles. The van der Waals surface area contributed by atoms with Gasteiger partial charge in [0.15, 0.2) is 11.0 Å². The van der Waals surface area contributed by atoms with E-state index in [-0.39, 0.29) is 5.91 Å². The Kier molecular flexibility index (Phi) is 8.68. The summed E-state index contributed by atoms with van der Waals surface area (Å²) in [6.07, 6.45) is 1.29. The van der Waals surface area contributed by atoms with Crippen molar-refractivity contribution >= 4 is 23.4 Å². The molecule has 5 rings (SSSR count). The largest absolute Gasteiger partial charge is 0.497 e. The number of carbonyl (C=O) groups excluding carboxylic acids is 1. The molecule has 4 aromatic rings. The predicted molar refractivity (Wildman–Crippen MR) is 155 cm³/mol. The molecule has 3 aromatic carbocycles. The molecule has 0 atom stereocenters. The SMILES string of the molecule is COc1cccc(-c2nnc(SCCCC(=O)N3CCN(c4ccccc4OC)CC3)n2-c2ccccc2)c1. The van der Waals surface area contributed by atoms with Crippen LogP contribution in [0.2, 0.25) is 0 Å². The molecule has 9 heteroatoms. The molecule has 1 saturated heterocycles.